The Morgan fingerprint density at radius 3 is 2.75 bits per heavy atom. The van der Waals surface area contributed by atoms with Crippen LogP contribution < -0.4 is 10.2 Å². The second kappa shape index (κ2) is 4.55. The van der Waals surface area contributed by atoms with Crippen molar-refractivity contribution in [2.24, 2.45) is 5.92 Å². The van der Waals surface area contributed by atoms with Gasteiger partial charge >= 0.3 is 0 Å². The van der Waals surface area contributed by atoms with Gasteiger partial charge in [0, 0.05) is 30.3 Å². The third-order valence-electron chi connectivity index (χ3n) is 2.99. The van der Waals surface area contributed by atoms with E-state index in [0.717, 1.165) is 28.8 Å². The minimum Gasteiger partial charge on any atom is -0.315 e. The smallest absolute Gasteiger partial charge is 0.232 e. The van der Waals surface area contributed by atoms with Crippen LogP contribution in [0.25, 0.3) is 0 Å². The van der Waals surface area contributed by atoms with Gasteiger partial charge in [-0.15, -0.1) is 0 Å². The van der Waals surface area contributed by atoms with Gasteiger partial charge in [-0.1, -0.05) is 22.0 Å². The minimum absolute atomic E-state index is 0.142. The van der Waals surface area contributed by atoms with Crippen molar-refractivity contribution >= 4 is 27.5 Å². The van der Waals surface area contributed by atoms with Crippen molar-refractivity contribution in [3.05, 3.63) is 28.2 Å². The average Bonchev–Trinajstić information content (AvgIpc) is 2.18. The fraction of sp³-hybridized carbons (Fsp3) is 0.417. The molecule has 0 unspecified atom stereocenters. The monoisotopic (exact) mass is 282 g/mol. The number of nitrogens with zero attached hydrogens (tertiary/aromatic N) is 1. The summed E-state index contributed by atoms with van der Waals surface area (Å²) in [6.07, 6.45) is 0. The molecule has 4 heteroatoms. The Bertz CT molecular complexity index is 415. The number of carbonyl (C=O) groups excluding carboxylic acids is 1. The Labute approximate surface area is 104 Å². The SMILES string of the molecule is Cc1ccc(Br)cc1N(C)C(=O)C1CNC1. The summed E-state index contributed by atoms with van der Waals surface area (Å²) in [4.78, 5) is 13.8. The van der Waals surface area contributed by atoms with Crippen LogP contribution >= 0.6 is 15.9 Å². The van der Waals surface area contributed by atoms with Gasteiger partial charge in [0.05, 0.1) is 5.92 Å². The standard InChI is InChI=1S/C12H15BrN2O/c1-8-3-4-10(13)5-11(8)15(2)12(16)9-6-14-7-9/h3-5,9,14H,6-7H2,1-2H3. The molecule has 1 aliphatic heterocycles. The maximum Gasteiger partial charge on any atom is 0.232 e. The summed E-state index contributed by atoms with van der Waals surface area (Å²) < 4.78 is 1.000. The highest BCUT2D eigenvalue weighted by Gasteiger charge is 2.28. The fourth-order valence-corrected chi connectivity index (χ4v) is 2.15. The topological polar surface area (TPSA) is 32.3 Å². The summed E-state index contributed by atoms with van der Waals surface area (Å²) in [5.74, 6) is 0.336. The van der Waals surface area contributed by atoms with Crippen LogP contribution in [0.2, 0.25) is 0 Å². The molecule has 0 aliphatic carbocycles. The molecule has 2 rings (SSSR count). The van der Waals surface area contributed by atoms with Gasteiger partial charge < -0.3 is 10.2 Å². The summed E-state index contributed by atoms with van der Waals surface area (Å²) in [6, 6.07) is 5.99. The van der Waals surface area contributed by atoms with Gasteiger partial charge in [-0.05, 0) is 24.6 Å². The second-order valence-electron chi connectivity index (χ2n) is 4.18. The average molecular weight is 283 g/mol. The summed E-state index contributed by atoms with van der Waals surface area (Å²) in [5.41, 5.74) is 2.10. The van der Waals surface area contributed by atoms with Gasteiger partial charge in [0.1, 0.15) is 0 Å². The number of carbonyl (C=O) groups is 1. The summed E-state index contributed by atoms with van der Waals surface area (Å²) >= 11 is 3.43. The summed E-state index contributed by atoms with van der Waals surface area (Å²) in [7, 11) is 1.84. The van der Waals surface area contributed by atoms with Crippen molar-refractivity contribution < 1.29 is 4.79 Å². The van der Waals surface area contributed by atoms with Crippen LogP contribution in [-0.4, -0.2) is 26.0 Å². The zero-order valence-electron chi connectivity index (χ0n) is 9.46. The number of benzene rings is 1. The van der Waals surface area contributed by atoms with Gasteiger partial charge in [-0.25, -0.2) is 0 Å². The predicted octanol–water partition coefficient (Wildman–Crippen LogP) is 1.94. The van der Waals surface area contributed by atoms with E-state index in [2.05, 4.69) is 21.2 Å². The molecule has 3 nitrogen and oxygen atoms in total. The predicted molar refractivity (Wildman–Crippen MR) is 68.6 cm³/mol. The molecular formula is C12H15BrN2O. The quantitative estimate of drug-likeness (QED) is 0.899. The lowest BCUT2D eigenvalue weighted by molar-refractivity contribution is -0.123. The number of amides is 1. The molecule has 1 aromatic carbocycles. The van der Waals surface area contributed by atoms with Gasteiger partial charge in [0.15, 0.2) is 0 Å². The second-order valence-corrected chi connectivity index (χ2v) is 5.10. The number of rotatable bonds is 2. The van der Waals surface area contributed by atoms with Crippen LogP contribution in [0.15, 0.2) is 22.7 Å². The molecule has 16 heavy (non-hydrogen) atoms. The Morgan fingerprint density at radius 2 is 2.19 bits per heavy atom. The van der Waals surface area contributed by atoms with Crippen LogP contribution in [0.4, 0.5) is 5.69 Å². The van der Waals surface area contributed by atoms with E-state index in [1.165, 1.54) is 0 Å². The Kier molecular flexibility index (Phi) is 3.30. The van der Waals surface area contributed by atoms with Gasteiger partial charge in [0.2, 0.25) is 5.91 Å². The van der Waals surface area contributed by atoms with Crippen LogP contribution in [0, 0.1) is 12.8 Å². The molecule has 0 saturated carbocycles. The lowest BCUT2D eigenvalue weighted by atomic mass is 10.0. The number of halogens is 1. The number of nitrogens with one attached hydrogen (secondary N) is 1. The van der Waals surface area contributed by atoms with Crippen LogP contribution in [0.5, 0.6) is 0 Å². The van der Waals surface area contributed by atoms with Crippen molar-refractivity contribution in [3.8, 4) is 0 Å². The van der Waals surface area contributed by atoms with Gasteiger partial charge in [-0.2, -0.15) is 0 Å². The lowest BCUT2D eigenvalue weighted by Crippen LogP contribution is -2.51. The van der Waals surface area contributed by atoms with Crippen molar-refractivity contribution in [3.63, 3.8) is 0 Å². The van der Waals surface area contributed by atoms with Crippen molar-refractivity contribution in [1.29, 1.82) is 0 Å². The molecule has 0 radical (unpaired) electrons. The molecule has 1 amide bonds. The van der Waals surface area contributed by atoms with E-state index in [1.54, 1.807) is 4.90 Å². The third-order valence-corrected chi connectivity index (χ3v) is 3.49. The van der Waals surface area contributed by atoms with E-state index < -0.39 is 0 Å². The molecule has 1 fully saturated rings. The van der Waals surface area contributed by atoms with E-state index in [9.17, 15) is 4.79 Å². The molecule has 0 aromatic heterocycles. The molecular weight excluding hydrogens is 268 g/mol. The van der Waals surface area contributed by atoms with Crippen LogP contribution in [-0.2, 0) is 4.79 Å². The molecule has 1 aliphatic rings. The highest BCUT2D eigenvalue weighted by molar-refractivity contribution is 9.10. The third kappa shape index (κ3) is 2.13. The maximum absolute atomic E-state index is 12.1. The number of aryl methyl sites for hydroxylation is 1. The molecule has 1 heterocycles. The minimum atomic E-state index is 0.142. The highest BCUT2D eigenvalue weighted by atomic mass is 79.9. The first-order chi connectivity index (χ1) is 7.59. The van der Waals surface area contributed by atoms with Crippen LogP contribution in [0.1, 0.15) is 5.56 Å². The zero-order valence-corrected chi connectivity index (χ0v) is 11.0. The highest BCUT2D eigenvalue weighted by Crippen LogP contribution is 2.25. The van der Waals surface area contributed by atoms with E-state index in [0.29, 0.717) is 0 Å². The van der Waals surface area contributed by atoms with Gasteiger partial charge in [-0.3, -0.25) is 4.79 Å². The molecule has 86 valence electrons. The first kappa shape index (κ1) is 11.6. The van der Waals surface area contributed by atoms with Crippen molar-refractivity contribution in [2.75, 3.05) is 25.0 Å². The normalized spacial score (nSPS) is 15.7. The first-order valence-electron chi connectivity index (χ1n) is 5.34. The molecule has 1 saturated heterocycles. The van der Waals surface area contributed by atoms with Crippen molar-refractivity contribution in [2.45, 2.75) is 6.92 Å². The first-order valence-corrected chi connectivity index (χ1v) is 6.13. The number of hydrogen-bond donors (Lipinski definition) is 1. The van der Waals surface area contributed by atoms with Crippen molar-refractivity contribution in [1.82, 2.24) is 5.32 Å². The molecule has 0 bridgehead atoms. The Balaban J connectivity index is 2.22. The van der Waals surface area contributed by atoms with E-state index >= 15 is 0 Å². The largest absolute Gasteiger partial charge is 0.315 e. The van der Waals surface area contributed by atoms with E-state index in [1.807, 2.05) is 32.2 Å². The number of anilines is 1. The molecule has 0 spiro atoms. The summed E-state index contributed by atoms with van der Waals surface area (Å²) in [5, 5.41) is 3.12. The van der Waals surface area contributed by atoms with Gasteiger partial charge in [0.25, 0.3) is 0 Å². The zero-order chi connectivity index (χ0) is 11.7. The Morgan fingerprint density at radius 1 is 1.50 bits per heavy atom. The Hall–Kier alpha value is -0.870. The molecule has 1 N–H and O–H groups in total. The van der Waals surface area contributed by atoms with E-state index in [-0.39, 0.29) is 11.8 Å². The number of hydrogen-bond acceptors (Lipinski definition) is 2. The maximum atomic E-state index is 12.1. The molecule has 0 atom stereocenters. The lowest BCUT2D eigenvalue weighted by Gasteiger charge is -2.31. The summed E-state index contributed by atoms with van der Waals surface area (Å²) in [6.45, 7) is 3.62. The fourth-order valence-electron chi connectivity index (χ4n) is 1.80. The molecule has 1 aromatic rings. The van der Waals surface area contributed by atoms with Crippen LogP contribution in [0.3, 0.4) is 0 Å². The van der Waals surface area contributed by atoms with E-state index in [4.69, 9.17) is 0 Å².